The second-order valence-corrected chi connectivity index (χ2v) is 6.68. The molecule has 25 heavy (non-hydrogen) atoms. The minimum Gasteiger partial charge on any atom is -0.352 e. The average molecular weight is 351 g/mol. The molecule has 0 aliphatic rings. The number of hydrogen-bond donors (Lipinski definition) is 1. The van der Waals surface area contributed by atoms with E-state index in [9.17, 15) is 4.79 Å². The van der Waals surface area contributed by atoms with Gasteiger partial charge in [-0.3, -0.25) is 4.79 Å². The second-order valence-electron chi connectivity index (χ2n) is 5.80. The van der Waals surface area contributed by atoms with Gasteiger partial charge in [0, 0.05) is 29.4 Å². The van der Waals surface area contributed by atoms with Crippen LogP contribution in [-0.4, -0.2) is 28.5 Å². The van der Waals surface area contributed by atoms with E-state index in [1.54, 1.807) is 18.0 Å². The van der Waals surface area contributed by atoms with Crippen LogP contribution in [0.3, 0.4) is 0 Å². The van der Waals surface area contributed by atoms with Crippen molar-refractivity contribution >= 4 is 17.7 Å². The Bertz CT molecular complexity index is 842. The van der Waals surface area contributed by atoms with Crippen molar-refractivity contribution in [1.29, 1.82) is 0 Å². The number of hydrogen-bond acceptors (Lipinski definition) is 3. The molecule has 5 heteroatoms. The molecule has 0 atom stereocenters. The Balaban J connectivity index is 1.57. The van der Waals surface area contributed by atoms with Crippen molar-refractivity contribution in [3.8, 4) is 5.69 Å². The molecule has 128 valence electrons. The van der Waals surface area contributed by atoms with Crippen molar-refractivity contribution < 1.29 is 4.79 Å². The van der Waals surface area contributed by atoms with Gasteiger partial charge in [0.2, 0.25) is 0 Å². The van der Waals surface area contributed by atoms with Gasteiger partial charge in [-0.15, -0.1) is 11.8 Å². The van der Waals surface area contributed by atoms with Gasteiger partial charge < -0.3 is 5.32 Å². The topological polar surface area (TPSA) is 46.9 Å². The van der Waals surface area contributed by atoms with E-state index in [1.807, 2.05) is 60.5 Å². The van der Waals surface area contributed by atoms with Crippen molar-refractivity contribution in [3.63, 3.8) is 0 Å². The van der Waals surface area contributed by atoms with Gasteiger partial charge >= 0.3 is 0 Å². The third-order valence-electron chi connectivity index (χ3n) is 4.09. The highest BCUT2D eigenvalue weighted by Crippen LogP contribution is 2.19. The lowest BCUT2D eigenvalue weighted by atomic mass is 10.1. The van der Waals surface area contributed by atoms with Crippen LogP contribution in [0.5, 0.6) is 0 Å². The zero-order chi connectivity index (χ0) is 17.6. The molecule has 1 amide bonds. The summed E-state index contributed by atoms with van der Waals surface area (Å²) in [6, 6.07) is 16.1. The number of amides is 1. The lowest BCUT2D eigenvalue weighted by Crippen LogP contribution is -2.26. The maximum absolute atomic E-state index is 12.4. The molecule has 1 heterocycles. The first-order chi connectivity index (χ1) is 12.2. The van der Waals surface area contributed by atoms with E-state index >= 15 is 0 Å². The largest absolute Gasteiger partial charge is 0.352 e. The highest BCUT2D eigenvalue weighted by molar-refractivity contribution is 7.98. The summed E-state index contributed by atoms with van der Waals surface area (Å²) in [4.78, 5) is 13.5. The maximum atomic E-state index is 12.4. The molecule has 0 spiro atoms. The molecule has 0 bridgehead atoms. The van der Waals surface area contributed by atoms with Gasteiger partial charge in [-0.25, -0.2) is 4.68 Å². The molecule has 0 fully saturated rings. The van der Waals surface area contributed by atoms with E-state index in [-0.39, 0.29) is 5.91 Å². The molecule has 0 aliphatic heterocycles. The minimum absolute atomic E-state index is 0.0124. The van der Waals surface area contributed by atoms with Crippen LogP contribution in [0.1, 0.15) is 21.5 Å². The smallest absolute Gasteiger partial charge is 0.251 e. The number of aromatic nitrogens is 2. The zero-order valence-corrected chi connectivity index (χ0v) is 15.2. The van der Waals surface area contributed by atoms with Gasteiger partial charge in [0.25, 0.3) is 5.91 Å². The monoisotopic (exact) mass is 351 g/mol. The number of aryl methyl sites for hydroxylation is 1. The quantitative estimate of drug-likeness (QED) is 0.686. The van der Waals surface area contributed by atoms with Crippen molar-refractivity contribution in [2.24, 2.45) is 0 Å². The highest BCUT2D eigenvalue weighted by atomic mass is 32.2. The molecule has 0 aliphatic carbocycles. The Labute approximate surface area is 152 Å². The predicted octanol–water partition coefficient (Wildman–Crippen LogP) is 3.88. The fraction of sp³-hybridized carbons (Fsp3) is 0.200. The van der Waals surface area contributed by atoms with E-state index in [4.69, 9.17) is 0 Å². The van der Waals surface area contributed by atoms with E-state index in [2.05, 4.69) is 22.5 Å². The van der Waals surface area contributed by atoms with Crippen LogP contribution in [0, 0.1) is 6.92 Å². The molecule has 4 nitrogen and oxygen atoms in total. The first kappa shape index (κ1) is 17.3. The standard InChI is InChI=1S/C20H21N3OS/c1-15-4-9-18(25-2)14-19(15)20(24)21-12-10-16-5-7-17(8-6-16)23-13-3-11-22-23/h3-9,11,13-14H,10,12H2,1-2H3,(H,21,24). The fourth-order valence-electron chi connectivity index (χ4n) is 2.63. The minimum atomic E-state index is -0.0124. The van der Waals surface area contributed by atoms with E-state index in [1.165, 1.54) is 5.56 Å². The van der Waals surface area contributed by atoms with Crippen molar-refractivity contribution in [1.82, 2.24) is 15.1 Å². The number of benzene rings is 2. The lowest BCUT2D eigenvalue weighted by molar-refractivity contribution is 0.0953. The molecule has 0 saturated carbocycles. The Morgan fingerprint density at radius 1 is 1.20 bits per heavy atom. The SMILES string of the molecule is CSc1ccc(C)c(C(=O)NCCc2ccc(-n3cccn3)cc2)c1. The van der Waals surface area contributed by atoms with E-state index < -0.39 is 0 Å². The summed E-state index contributed by atoms with van der Waals surface area (Å²) in [5.41, 5.74) is 3.97. The summed E-state index contributed by atoms with van der Waals surface area (Å²) in [5, 5.41) is 7.23. The van der Waals surface area contributed by atoms with Gasteiger partial charge in [0.15, 0.2) is 0 Å². The molecular weight excluding hydrogens is 330 g/mol. The number of carbonyl (C=O) groups is 1. The van der Waals surface area contributed by atoms with Crippen LogP contribution >= 0.6 is 11.8 Å². The van der Waals surface area contributed by atoms with Gasteiger partial charge in [0.05, 0.1) is 5.69 Å². The molecular formula is C20H21N3OS. The summed E-state index contributed by atoms with van der Waals surface area (Å²) in [5.74, 6) is -0.0124. The van der Waals surface area contributed by atoms with Crippen molar-refractivity contribution in [2.45, 2.75) is 18.2 Å². The van der Waals surface area contributed by atoms with Crippen LogP contribution in [0.25, 0.3) is 5.69 Å². The first-order valence-corrected chi connectivity index (χ1v) is 9.41. The van der Waals surface area contributed by atoms with E-state index in [0.29, 0.717) is 6.54 Å². The summed E-state index contributed by atoms with van der Waals surface area (Å²) in [7, 11) is 0. The highest BCUT2D eigenvalue weighted by Gasteiger charge is 2.09. The van der Waals surface area contributed by atoms with Gasteiger partial charge in [-0.2, -0.15) is 5.10 Å². The molecule has 1 N–H and O–H groups in total. The normalized spacial score (nSPS) is 10.6. The van der Waals surface area contributed by atoms with Crippen molar-refractivity contribution in [2.75, 3.05) is 12.8 Å². The molecule has 1 aromatic heterocycles. The Morgan fingerprint density at radius 2 is 2.00 bits per heavy atom. The Morgan fingerprint density at radius 3 is 2.68 bits per heavy atom. The lowest BCUT2D eigenvalue weighted by Gasteiger charge is -2.09. The zero-order valence-electron chi connectivity index (χ0n) is 14.4. The van der Waals surface area contributed by atoms with Crippen LogP contribution in [0.2, 0.25) is 0 Å². The number of carbonyl (C=O) groups excluding carboxylic acids is 1. The summed E-state index contributed by atoms with van der Waals surface area (Å²) < 4.78 is 1.83. The average Bonchev–Trinajstić information content (AvgIpc) is 3.17. The Kier molecular flexibility index (Phi) is 5.56. The summed E-state index contributed by atoms with van der Waals surface area (Å²) in [6.07, 6.45) is 6.49. The molecule has 3 aromatic rings. The van der Waals surface area contributed by atoms with Crippen molar-refractivity contribution in [3.05, 3.63) is 77.6 Å². The third-order valence-corrected chi connectivity index (χ3v) is 4.82. The summed E-state index contributed by atoms with van der Waals surface area (Å²) in [6.45, 7) is 2.58. The second kappa shape index (κ2) is 8.03. The first-order valence-electron chi connectivity index (χ1n) is 8.19. The molecule has 0 saturated heterocycles. The number of nitrogens with one attached hydrogen (secondary N) is 1. The van der Waals surface area contributed by atoms with Gasteiger partial charge in [0.1, 0.15) is 0 Å². The molecule has 0 radical (unpaired) electrons. The number of thioether (sulfide) groups is 1. The Hall–Kier alpha value is -2.53. The number of nitrogens with zero attached hydrogens (tertiary/aromatic N) is 2. The molecule has 0 unspecified atom stereocenters. The molecule has 2 aromatic carbocycles. The predicted molar refractivity (Wildman–Crippen MR) is 103 cm³/mol. The van der Waals surface area contributed by atoms with Crippen LogP contribution in [0.4, 0.5) is 0 Å². The van der Waals surface area contributed by atoms with Crippen LogP contribution in [-0.2, 0) is 6.42 Å². The fourth-order valence-corrected chi connectivity index (χ4v) is 3.07. The number of rotatable bonds is 6. The molecule has 3 rings (SSSR count). The third kappa shape index (κ3) is 4.31. The summed E-state index contributed by atoms with van der Waals surface area (Å²) >= 11 is 1.64. The maximum Gasteiger partial charge on any atom is 0.251 e. The van der Waals surface area contributed by atoms with E-state index in [0.717, 1.165) is 28.1 Å². The van der Waals surface area contributed by atoms with Gasteiger partial charge in [-0.05, 0) is 61.1 Å². The van der Waals surface area contributed by atoms with Gasteiger partial charge in [-0.1, -0.05) is 18.2 Å². The van der Waals surface area contributed by atoms with Crippen LogP contribution in [0.15, 0.2) is 65.8 Å². The van der Waals surface area contributed by atoms with Crippen LogP contribution < -0.4 is 5.32 Å².